The molecule has 2 N–H and O–H groups in total. The van der Waals surface area contributed by atoms with Crippen molar-refractivity contribution in [3.63, 3.8) is 0 Å². The lowest BCUT2D eigenvalue weighted by molar-refractivity contribution is 0.152. The van der Waals surface area contributed by atoms with E-state index >= 15 is 0 Å². The van der Waals surface area contributed by atoms with Crippen LogP contribution in [0.3, 0.4) is 0 Å². The van der Waals surface area contributed by atoms with Crippen molar-refractivity contribution in [2.45, 2.75) is 91.3 Å². The SMILES string of the molecule is CCCC(O)CCC.CCCCC(O)CC. The van der Waals surface area contributed by atoms with Gasteiger partial charge < -0.3 is 10.2 Å². The van der Waals surface area contributed by atoms with E-state index < -0.39 is 0 Å². The summed E-state index contributed by atoms with van der Waals surface area (Å²) >= 11 is 0. The Balaban J connectivity index is 0. The van der Waals surface area contributed by atoms with Crippen molar-refractivity contribution in [3.05, 3.63) is 0 Å². The van der Waals surface area contributed by atoms with E-state index in [-0.39, 0.29) is 12.2 Å². The highest BCUT2D eigenvalue weighted by Gasteiger charge is 1.97. The first kappa shape index (κ1) is 18.3. The van der Waals surface area contributed by atoms with Crippen LogP contribution in [0.5, 0.6) is 0 Å². The van der Waals surface area contributed by atoms with E-state index in [9.17, 15) is 0 Å². The zero-order valence-electron chi connectivity index (χ0n) is 11.7. The molecule has 0 amide bonds. The molecular weight excluding hydrogens is 200 g/mol. The smallest absolute Gasteiger partial charge is 0.0540 e. The maximum atomic E-state index is 9.05. The molecule has 2 nitrogen and oxygen atoms in total. The Morgan fingerprint density at radius 1 is 0.688 bits per heavy atom. The normalized spacial score (nSPS) is 12.2. The molecular formula is C14H32O2. The van der Waals surface area contributed by atoms with Crippen LogP contribution in [0.25, 0.3) is 0 Å². The van der Waals surface area contributed by atoms with E-state index in [2.05, 4.69) is 20.8 Å². The van der Waals surface area contributed by atoms with Crippen LogP contribution in [-0.4, -0.2) is 22.4 Å². The van der Waals surface area contributed by atoms with E-state index in [1.54, 1.807) is 0 Å². The maximum absolute atomic E-state index is 9.05. The number of rotatable bonds is 8. The van der Waals surface area contributed by atoms with Crippen molar-refractivity contribution in [3.8, 4) is 0 Å². The quantitative estimate of drug-likeness (QED) is 0.666. The molecule has 0 radical (unpaired) electrons. The maximum Gasteiger partial charge on any atom is 0.0540 e. The molecule has 100 valence electrons. The zero-order valence-corrected chi connectivity index (χ0v) is 11.7. The summed E-state index contributed by atoms with van der Waals surface area (Å²) in [4.78, 5) is 0. The number of unbranched alkanes of at least 4 members (excludes halogenated alkanes) is 1. The van der Waals surface area contributed by atoms with Gasteiger partial charge in [-0.25, -0.2) is 0 Å². The van der Waals surface area contributed by atoms with E-state index in [0.29, 0.717) is 0 Å². The molecule has 0 saturated heterocycles. The van der Waals surface area contributed by atoms with Crippen LogP contribution in [0, 0.1) is 0 Å². The lowest BCUT2D eigenvalue weighted by Gasteiger charge is -2.04. The number of aliphatic hydroxyl groups is 2. The van der Waals surface area contributed by atoms with Gasteiger partial charge in [-0.1, -0.05) is 53.4 Å². The molecule has 16 heavy (non-hydrogen) atoms. The van der Waals surface area contributed by atoms with E-state index in [4.69, 9.17) is 10.2 Å². The van der Waals surface area contributed by atoms with E-state index in [0.717, 1.165) is 44.9 Å². The van der Waals surface area contributed by atoms with Crippen LogP contribution < -0.4 is 0 Å². The lowest BCUT2D eigenvalue weighted by atomic mass is 10.1. The first-order valence-electron chi connectivity index (χ1n) is 6.98. The molecule has 1 unspecified atom stereocenters. The molecule has 2 heteroatoms. The fourth-order valence-electron chi connectivity index (χ4n) is 1.45. The monoisotopic (exact) mass is 232 g/mol. The minimum Gasteiger partial charge on any atom is -0.393 e. The Kier molecular flexibility index (Phi) is 17.1. The highest BCUT2D eigenvalue weighted by atomic mass is 16.3. The molecule has 0 heterocycles. The fourth-order valence-corrected chi connectivity index (χ4v) is 1.45. The Morgan fingerprint density at radius 2 is 1.19 bits per heavy atom. The minimum atomic E-state index is -0.0463. The molecule has 0 bridgehead atoms. The predicted octanol–water partition coefficient (Wildman–Crippen LogP) is 3.90. The van der Waals surface area contributed by atoms with Crippen molar-refractivity contribution in [2.24, 2.45) is 0 Å². The van der Waals surface area contributed by atoms with E-state index in [1.165, 1.54) is 6.42 Å². The second-order valence-corrected chi connectivity index (χ2v) is 4.44. The molecule has 0 spiro atoms. The molecule has 0 aromatic heterocycles. The van der Waals surface area contributed by atoms with Crippen molar-refractivity contribution in [1.82, 2.24) is 0 Å². The van der Waals surface area contributed by atoms with Gasteiger partial charge in [0, 0.05) is 0 Å². The predicted molar refractivity (Wildman–Crippen MR) is 71.6 cm³/mol. The summed E-state index contributed by atoms with van der Waals surface area (Å²) in [5, 5.41) is 18.0. The summed E-state index contributed by atoms with van der Waals surface area (Å²) in [7, 11) is 0. The number of aliphatic hydroxyl groups excluding tert-OH is 2. The van der Waals surface area contributed by atoms with Crippen LogP contribution in [0.2, 0.25) is 0 Å². The number of hydrogen-bond donors (Lipinski definition) is 2. The first-order chi connectivity index (χ1) is 7.62. The van der Waals surface area contributed by atoms with Crippen LogP contribution >= 0.6 is 0 Å². The average Bonchev–Trinajstić information content (AvgIpc) is 2.27. The molecule has 0 aromatic carbocycles. The Labute approximate surface area is 102 Å². The van der Waals surface area contributed by atoms with Crippen molar-refractivity contribution in [2.75, 3.05) is 0 Å². The Morgan fingerprint density at radius 3 is 1.50 bits per heavy atom. The summed E-state index contributed by atoms with van der Waals surface area (Å²) in [6.07, 6.45) is 8.28. The van der Waals surface area contributed by atoms with Gasteiger partial charge in [0.2, 0.25) is 0 Å². The molecule has 0 aliphatic heterocycles. The third kappa shape index (κ3) is 16.4. The molecule has 0 aromatic rings. The van der Waals surface area contributed by atoms with Gasteiger partial charge in [0.15, 0.2) is 0 Å². The number of hydrogen-bond acceptors (Lipinski definition) is 2. The second-order valence-electron chi connectivity index (χ2n) is 4.44. The fraction of sp³-hybridized carbons (Fsp3) is 1.00. The van der Waals surface area contributed by atoms with Gasteiger partial charge >= 0.3 is 0 Å². The van der Waals surface area contributed by atoms with Crippen molar-refractivity contribution >= 4 is 0 Å². The van der Waals surface area contributed by atoms with Gasteiger partial charge in [-0.3, -0.25) is 0 Å². The van der Waals surface area contributed by atoms with Crippen LogP contribution in [0.1, 0.15) is 79.1 Å². The summed E-state index contributed by atoms with van der Waals surface area (Å²) in [5.41, 5.74) is 0. The van der Waals surface area contributed by atoms with Gasteiger partial charge in [0.1, 0.15) is 0 Å². The molecule has 1 atom stereocenters. The van der Waals surface area contributed by atoms with Crippen molar-refractivity contribution in [1.29, 1.82) is 0 Å². The Bertz CT molecular complexity index is 109. The summed E-state index contributed by atoms with van der Waals surface area (Å²) < 4.78 is 0. The lowest BCUT2D eigenvalue weighted by Crippen LogP contribution is -2.03. The van der Waals surface area contributed by atoms with Gasteiger partial charge in [-0.2, -0.15) is 0 Å². The van der Waals surface area contributed by atoms with Crippen molar-refractivity contribution < 1.29 is 10.2 Å². The molecule has 0 saturated carbocycles. The highest BCUT2D eigenvalue weighted by molar-refractivity contribution is 4.51. The van der Waals surface area contributed by atoms with Crippen LogP contribution in [-0.2, 0) is 0 Å². The largest absolute Gasteiger partial charge is 0.393 e. The van der Waals surface area contributed by atoms with E-state index in [1.807, 2.05) is 6.92 Å². The van der Waals surface area contributed by atoms with Crippen LogP contribution in [0.15, 0.2) is 0 Å². The molecule has 0 aliphatic rings. The van der Waals surface area contributed by atoms with Gasteiger partial charge in [0.05, 0.1) is 12.2 Å². The second kappa shape index (κ2) is 14.9. The zero-order chi connectivity index (χ0) is 12.8. The molecule has 0 rings (SSSR count). The van der Waals surface area contributed by atoms with Crippen LogP contribution in [0.4, 0.5) is 0 Å². The van der Waals surface area contributed by atoms with Gasteiger partial charge in [-0.15, -0.1) is 0 Å². The standard InChI is InChI=1S/2C7H16O/c1-3-5-6-7(8)4-2;1-3-5-7(8)6-4-2/h2*7-8H,3-6H2,1-2H3. The highest BCUT2D eigenvalue weighted by Crippen LogP contribution is 2.02. The first-order valence-corrected chi connectivity index (χ1v) is 6.98. The minimum absolute atomic E-state index is 0.0370. The average molecular weight is 232 g/mol. The Hall–Kier alpha value is -0.0800. The molecule has 0 fully saturated rings. The third-order valence-electron chi connectivity index (χ3n) is 2.61. The topological polar surface area (TPSA) is 40.5 Å². The third-order valence-corrected chi connectivity index (χ3v) is 2.61. The summed E-state index contributed by atoms with van der Waals surface area (Å²) in [6.45, 7) is 8.35. The summed E-state index contributed by atoms with van der Waals surface area (Å²) in [6, 6.07) is 0. The van der Waals surface area contributed by atoms with Gasteiger partial charge in [0.25, 0.3) is 0 Å². The molecule has 0 aliphatic carbocycles. The summed E-state index contributed by atoms with van der Waals surface area (Å²) in [5.74, 6) is 0. The van der Waals surface area contributed by atoms with Gasteiger partial charge in [-0.05, 0) is 25.7 Å².